The second-order valence-electron chi connectivity index (χ2n) is 5.30. The zero-order valence-electron chi connectivity index (χ0n) is 11.1. The van der Waals surface area contributed by atoms with Gasteiger partial charge in [-0.2, -0.15) is 0 Å². The molecule has 1 aliphatic heterocycles. The summed E-state index contributed by atoms with van der Waals surface area (Å²) in [5.74, 6) is 0.320. The minimum atomic E-state index is 0.320. The lowest BCUT2D eigenvalue weighted by Crippen LogP contribution is -2.53. The normalized spacial score (nSPS) is 26.2. The summed E-state index contributed by atoms with van der Waals surface area (Å²) < 4.78 is 0. The quantitative estimate of drug-likeness (QED) is 0.766. The topological polar surface area (TPSA) is 35.6 Å². The van der Waals surface area contributed by atoms with Crippen molar-refractivity contribution in [1.82, 2.24) is 15.1 Å². The van der Waals surface area contributed by atoms with Gasteiger partial charge in [0.05, 0.1) is 0 Å². The van der Waals surface area contributed by atoms with Gasteiger partial charge in [-0.25, -0.2) is 0 Å². The maximum Gasteiger partial charge on any atom is 0.223 e. The van der Waals surface area contributed by atoms with Crippen molar-refractivity contribution in [2.24, 2.45) is 0 Å². The number of nitrogens with zero attached hydrogens (tertiary/aromatic N) is 2. The molecule has 1 atom stereocenters. The molecule has 4 nitrogen and oxygen atoms in total. The first kappa shape index (κ1) is 12.8. The van der Waals surface area contributed by atoms with Gasteiger partial charge >= 0.3 is 0 Å². The molecule has 0 spiro atoms. The Morgan fingerprint density at radius 1 is 1.35 bits per heavy atom. The van der Waals surface area contributed by atoms with Gasteiger partial charge in [0.2, 0.25) is 5.91 Å². The summed E-state index contributed by atoms with van der Waals surface area (Å²) in [7, 11) is 0. The van der Waals surface area contributed by atoms with Gasteiger partial charge in [-0.3, -0.25) is 9.69 Å². The molecule has 1 unspecified atom stereocenters. The number of amides is 1. The maximum absolute atomic E-state index is 12.0. The summed E-state index contributed by atoms with van der Waals surface area (Å²) in [6.07, 6.45) is 3.25. The Balaban J connectivity index is 1.68. The summed E-state index contributed by atoms with van der Waals surface area (Å²) in [6, 6.07) is 1.22. The molecule has 2 aliphatic rings. The summed E-state index contributed by atoms with van der Waals surface area (Å²) >= 11 is 0. The van der Waals surface area contributed by atoms with Crippen molar-refractivity contribution >= 4 is 5.91 Å². The molecule has 1 saturated heterocycles. The first-order valence-electron chi connectivity index (χ1n) is 6.96. The number of nitrogens with one attached hydrogen (secondary N) is 1. The van der Waals surface area contributed by atoms with Gasteiger partial charge in [-0.05, 0) is 26.3 Å². The molecule has 2 rings (SSSR count). The Hall–Kier alpha value is -0.610. The van der Waals surface area contributed by atoms with Crippen LogP contribution in [0, 0.1) is 0 Å². The highest BCUT2D eigenvalue weighted by Gasteiger charge is 2.26. The lowest BCUT2D eigenvalue weighted by molar-refractivity contribution is -0.133. The molecule has 98 valence electrons. The lowest BCUT2D eigenvalue weighted by Gasteiger charge is -2.39. The van der Waals surface area contributed by atoms with Crippen molar-refractivity contribution < 1.29 is 4.79 Å². The fraction of sp³-hybridized carbons (Fsp3) is 0.923. The Bertz CT molecular complexity index is 265. The minimum absolute atomic E-state index is 0.320. The van der Waals surface area contributed by atoms with Crippen molar-refractivity contribution in [3.05, 3.63) is 0 Å². The number of carbonyl (C=O) groups excluding carboxylic acids is 1. The summed E-state index contributed by atoms with van der Waals surface area (Å²) in [4.78, 5) is 16.5. The fourth-order valence-corrected chi connectivity index (χ4v) is 2.52. The standard InChI is InChI=1S/C13H25N3O/c1-3-15-8-9-16(10-11(15)2)13(17)6-7-14-12-4-5-12/h11-12,14H,3-10H2,1-2H3. The van der Waals surface area contributed by atoms with Crippen LogP contribution in [0.15, 0.2) is 0 Å². The van der Waals surface area contributed by atoms with Crippen LogP contribution in [0.4, 0.5) is 0 Å². The molecule has 1 saturated carbocycles. The van der Waals surface area contributed by atoms with Gasteiger partial charge in [-0.1, -0.05) is 6.92 Å². The van der Waals surface area contributed by atoms with Crippen LogP contribution in [0.5, 0.6) is 0 Å². The van der Waals surface area contributed by atoms with Crippen molar-refractivity contribution in [2.75, 3.05) is 32.7 Å². The van der Waals surface area contributed by atoms with Gasteiger partial charge < -0.3 is 10.2 Å². The number of hydrogen-bond donors (Lipinski definition) is 1. The van der Waals surface area contributed by atoms with E-state index < -0.39 is 0 Å². The molecule has 1 heterocycles. The summed E-state index contributed by atoms with van der Waals surface area (Å²) in [6.45, 7) is 9.17. The third kappa shape index (κ3) is 3.68. The van der Waals surface area contributed by atoms with Crippen LogP contribution >= 0.6 is 0 Å². The van der Waals surface area contributed by atoms with Gasteiger partial charge in [0, 0.05) is 44.7 Å². The van der Waals surface area contributed by atoms with Crippen molar-refractivity contribution in [3.8, 4) is 0 Å². The van der Waals surface area contributed by atoms with E-state index in [4.69, 9.17) is 0 Å². The SMILES string of the molecule is CCN1CCN(C(=O)CCNC2CC2)CC1C. The summed E-state index contributed by atoms with van der Waals surface area (Å²) in [5, 5.41) is 3.40. The highest BCUT2D eigenvalue weighted by molar-refractivity contribution is 5.76. The van der Waals surface area contributed by atoms with Gasteiger partial charge in [-0.15, -0.1) is 0 Å². The number of likely N-dealkylation sites (N-methyl/N-ethyl adjacent to an activating group) is 1. The molecule has 1 amide bonds. The third-order valence-electron chi connectivity index (χ3n) is 3.87. The zero-order valence-corrected chi connectivity index (χ0v) is 11.1. The van der Waals surface area contributed by atoms with E-state index in [-0.39, 0.29) is 0 Å². The van der Waals surface area contributed by atoms with E-state index in [1.807, 2.05) is 4.90 Å². The molecule has 0 radical (unpaired) electrons. The van der Waals surface area contributed by atoms with Crippen molar-refractivity contribution in [3.63, 3.8) is 0 Å². The van der Waals surface area contributed by atoms with E-state index in [1.54, 1.807) is 0 Å². The molecule has 1 N–H and O–H groups in total. The van der Waals surface area contributed by atoms with Crippen molar-refractivity contribution in [1.29, 1.82) is 0 Å². The third-order valence-corrected chi connectivity index (χ3v) is 3.87. The van der Waals surface area contributed by atoms with Gasteiger partial charge in [0.25, 0.3) is 0 Å². The number of rotatable bonds is 5. The molecular weight excluding hydrogens is 214 g/mol. The first-order chi connectivity index (χ1) is 8.20. The van der Waals surface area contributed by atoms with Gasteiger partial charge in [0.15, 0.2) is 0 Å². The average Bonchev–Trinajstić information content (AvgIpc) is 3.13. The molecule has 0 aromatic rings. The Morgan fingerprint density at radius 2 is 2.12 bits per heavy atom. The fourth-order valence-electron chi connectivity index (χ4n) is 2.52. The van der Waals surface area contributed by atoms with Crippen LogP contribution in [-0.4, -0.2) is 60.5 Å². The van der Waals surface area contributed by atoms with Crippen LogP contribution in [0.25, 0.3) is 0 Å². The van der Waals surface area contributed by atoms with Crippen LogP contribution in [-0.2, 0) is 4.79 Å². The molecule has 17 heavy (non-hydrogen) atoms. The van der Waals surface area contributed by atoms with Gasteiger partial charge in [0.1, 0.15) is 0 Å². The Labute approximate surface area is 104 Å². The average molecular weight is 239 g/mol. The molecular formula is C13H25N3O. The van der Waals surface area contributed by atoms with E-state index in [1.165, 1.54) is 12.8 Å². The molecule has 2 fully saturated rings. The molecule has 0 aromatic heterocycles. The molecule has 4 heteroatoms. The second kappa shape index (κ2) is 5.83. The molecule has 0 aromatic carbocycles. The largest absolute Gasteiger partial charge is 0.340 e. The first-order valence-corrected chi connectivity index (χ1v) is 6.96. The molecule has 1 aliphatic carbocycles. The minimum Gasteiger partial charge on any atom is -0.340 e. The number of carbonyl (C=O) groups is 1. The van der Waals surface area contributed by atoms with E-state index in [2.05, 4.69) is 24.1 Å². The summed E-state index contributed by atoms with van der Waals surface area (Å²) in [5.41, 5.74) is 0. The van der Waals surface area contributed by atoms with Crippen LogP contribution in [0.1, 0.15) is 33.1 Å². The number of hydrogen-bond acceptors (Lipinski definition) is 3. The number of piperazine rings is 1. The monoisotopic (exact) mass is 239 g/mol. The highest BCUT2D eigenvalue weighted by atomic mass is 16.2. The smallest absolute Gasteiger partial charge is 0.223 e. The van der Waals surface area contributed by atoms with E-state index in [0.29, 0.717) is 24.4 Å². The van der Waals surface area contributed by atoms with Crippen LogP contribution in [0.2, 0.25) is 0 Å². The van der Waals surface area contributed by atoms with Crippen LogP contribution in [0.3, 0.4) is 0 Å². The maximum atomic E-state index is 12.0. The van der Waals surface area contributed by atoms with E-state index in [9.17, 15) is 4.79 Å². The Morgan fingerprint density at radius 3 is 2.71 bits per heavy atom. The second-order valence-corrected chi connectivity index (χ2v) is 5.30. The van der Waals surface area contributed by atoms with E-state index in [0.717, 1.165) is 32.7 Å². The van der Waals surface area contributed by atoms with Crippen molar-refractivity contribution in [2.45, 2.75) is 45.2 Å². The predicted octanol–water partition coefficient (Wildman–Crippen LogP) is 0.681. The van der Waals surface area contributed by atoms with E-state index >= 15 is 0 Å². The van der Waals surface area contributed by atoms with Crippen LogP contribution < -0.4 is 5.32 Å². The highest BCUT2D eigenvalue weighted by Crippen LogP contribution is 2.18. The predicted molar refractivity (Wildman–Crippen MR) is 68.9 cm³/mol. The molecule has 0 bridgehead atoms. The lowest BCUT2D eigenvalue weighted by atomic mass is 10.2. The Kier molecular flexibility index (Phi) is 4.40. The zero-order chi connectivity index (χ0) is 12.3.